The third-order valence-corrected chi connectivity index (χ3v) is 4.31. The van der Waals surface area contributed by atoms with Crippen LogP contribution in [0.1, 0.15) is 51.0 Å². The van der Waals surface area contributed by atoms with Gasteiger partial charge in [-0.1, -0.05) is 44.7 Å². The Morgan fingerprint density at radius 2 is 1.88 bits per heavy atom. The first-order valence-electron chi connectivity index (χ1n) is 8.74. The Balaban J connectivity index is 1.62. The van der Waals surface area contributed by atoms with E-state index in [1.54, 1.807) is 0 Å². The van der Waals surface area contributed by atoms with Crippen molar-refractivity contribution in [1.82, 2.24) is 16.2 Å². The van der Waals surface area contributed by atoms with E-state index in [-0.39, 0.29) is 12.5 Å². The van der Waals surface area contributed by atoms with Gasteiger partial charge in [-0.05, 0) is 49.2 Å². The zero-order chi connectivity index (χ0) is 17.2. The summed E-state index contributed by atoms with van der Waals surface area (Å²) >= 11 is 5.19. The molecule has 3 N–H and O–H groups in total. The molecule has 1 fully saturated rings. The second-order valence-electron chi connectivity index (χ2n) is 6.16. The van der Waals surface area contributed by atoms with Crippen molar-refractivity contribution in [3.05, 3.63) is 29.8 Å². The van der Waals surface area contributed by atoms with Crippen molar-refractivity contribution in [3.63, 3.8) is 0 Å². The average Bonchev–Trinajstić information content (AvgIpc) is 2.60. The Morgan fingerprint density at radius 1 is 1.17 bits per heavy atom. The fourth-order valence-corrected chi connectivity index (χ4v) is 3.04. The van der Waals surface area contributed by atoms with Crippen molar-refractivity contribution < 1.29 is 9.53 Å². The molecule has 5 nitrogen and oxygen atoms in total. The summed E-state index contributed by atoms with van der Waals surface area (Å²) in [6, 6.07) is 8.24. The number of aryl methyl sites for hydroxylation is 1. The fraction of sp³-hybridized carbons (Fsp3) is 0.556. The molecule has 1 aromatic carbocycles. The van der Waals surface area contributed by atoms with Crippen molar-refractivity contribution in [2.75, 3.05) is 6.61 Å². The van der Waals surface area contributed by atoms with Gasteiger partial charge in [0.05, 0.1) is 0 Å². The maximum absolute atomic E-state index is 11.8. The quantitative estimate of drug-likeness (QED) is 0.544. The Kier molecular flexibility index (Phi) is 7.82. The molecular weight excluding hydrogens is 322 g/mol. The molecule has 0 aliphatic heterocycles. The molecule has 0 aromatic heterocycles. The van der Waals surface area contributed by atoms with Crippen LogP contribution in [0.5, 0.6) is 5.75 Å². The average molecular weight is 350 g/mol. The van der Waals surface area contributed by atoms with E-state index in [1.165, 1.54) is 24.8 Å². The summed E-state index contributed by atoms with van der Waals surface area (Å²) in [6.45, 7) is 2.10. The summed E-state index contributed by atoms with van der Waals surface area (Å²) in [5, 5.41) is 3.69. The van der Waals surface area contributed by atoms with E-state index in [2.05, 4.69) is 23.1 Å². The van der Waals surface area contributed by atoms with E-state index in [0.29, 0.717) is 16.9 Å². The molecule has 1 aliphatic rings. The number of carbonyl (C=O) groups is 1. The summed E-state index contributed by atoms with van der Waals surface area (Å²) in [5.41, 5.74) is 6.56. The normalized spacial score (nSPS) is 14.7. The summed E-state index contributed by atoms with van der Waals surface area (Å²) < 4.78 is 5.47. The van der Waals surface area contributed by atoms with Crippen LogP contribution >= 0.6 is 12.2 Å². The molecule has 0 unspecified atom stereocenters. The number of benzene rings is 1. The van der Waals surface area contributed by atoms with E-state index in [0.717, 1.165) is 25.7 Å². The van der Waals surface area contributed by atoms with Crippen molar-refractivity contribution in [2.24, 2.45) is 0 Å². The van der Waals surface area contributed by atoms with Crippen LogP contribution < -0.4 is 20.9 Å². The van der Waals surface area contributed by atoms with Gasteiger partial charge in [0.1, 0.15) is 5.75 Å². The van der Waals surface area contributed by atoms with Crippen LogP contribution in [-0.2, 0) is 11.2 Å². The lowest BCUT2D eigenvalue weighted by Gasteiger charge is -2.24. The van der Waals surface area contributed by atoms with Gasteiger partial charge in [-0.15, -0.1) is 0 Å². The van der Waals surface area contributed by atoms with Crippen molar-refractivity contribution in [1.29, 1.82) is 0 Å². The van der Waals surface area contributed by atoms with Gasteiger partial charge in [0.25, 0.3) is 5.91 Å². The first-order chi connectivity index (χ1) is 11.7. The number of nitrogens with one attached hydrogen (secondary N) is 3. The second kappa shape index (κ2) is 10.1. The summed E-state index contributed by atoms with van der Waals surface area (Å²) in [5.74, 6) is 0.424. The molecule has 6 heteroatoms. The predicted octanol–water partition coefficient (Wildman–Crippen LogP) is 2.85. The van der Waals surface area contributed by atoms with Gasteiger partial charge in [0.15, 0.2) is 11.7 Å². The van der Waals surface area contributed by atoms with E-state index in [9.17, 15) is 4.79 Å². The van der Waals surface area contributed by atoms with Gasteiger partial charge in [-0.3, -0.25) is 15.6 Å². The molecule has 2 rings (SSSR count). The summed E-state index contributed by atoms with van der Waals surface area (Å²) in [7, 11) is 0. The summed E-state index contributed by atoms with van der Waals surface area (Å²) in [6.07, 6.45) is 8.19. The number of ether oxygens (including phenoxy) is 1. The number of hydrogen-bond acceptors (Lipinski definition) is 3. The van der Waals surface area contributed by atoms with Crippen LogP contribution in [0.4, 0.5) is 0 Å². The molecule has 0 spiro atoms. The van der Waals surface area contributed by atoms with E-state index in [1.807, 2.05) is 24.3 Å². The highest BCUT2D eigenvalue weighted by molar-refractivity contribution is 7.80. The molecule has 0 heterocycles. The number of rotatable bonds is 6. The minimum atomic E-state index is -0.263. The highest BCUT2D eigenvalue weighted by Gasteiger charge is 2.14. The molecule has 0 bridgehead atoms. The van der Waals surface area contributed by atoms with Gasteiger partial charge in [-0.2, -0.15) is 0 Å². The van der Waals surface area contributed by atoms with Gasteiger partial charge < -0.3 is 10.1 Å². The third-order valence-electron chi connectivity index (χ3n) is 4.09. The topological polar surface area (TPSA) is 62.4 Å². The Morgan fingerprint density at radius 3 is 2.54 bits per heavy atom. The molecule has 1 aliphatic carbocycles. The lowest BCUT2D eigenvalue weighted by atomic mass is 9.96. The monoisotopic (exact) mass is 349 g/mol. The van der Waals surface area contributed by atoms with Crippen molar-refractivity contribution >= 4 is 23.2 Å². The molecule has 0 saturated heterocycles. The van der Waals surface area contributed by atoms with Crippen molar-refractivity contribution in [3.8, 4) is 5.75 Å². The maximum atomic E-state index is 11.8. The highest BCUT2D eigenvalue weighted by atomic mass is 32.1. The molecule has 1 aromatic rings. The molecule has 132 valence electrons. The van der Waals surface area contributed by atoms with Crippen LogP contribution in [0, 0.1) is 0 Å². The van der Waals surface area contributed by atoms with Gasteiger partial charge in [0.2, 0.25) is 0 Å². The first kappa shape index (κ1) is 18.5. The van der Waals surface area contributed by atoms with E-state index in [4.69, 9.17) is 17.0 Å². The zero-order valence-electron chi connectivity index (χ0n) is 14.3. The summed E-state index contributed by atoms with van der Waals surface area (Å²) in [4.78, 5) is 11.8. The first-order valence-corrected chi connectivity index (χ1v) is 9.15. The predicted molar refractivity (Wildman–Crippen MR) is 99.8 cm³/mol. The minimum absolute atomic E-state index is 0.0494. The lowest BCUT2D eigenvalue weighted by molar-refractivity contribution is -0.123. The van der Waals surface area contributed by atoms with Crippen LogP contribution in [0.15, 0.2) is 24.3 Å². The van der Waals surface area contributed by atoms with Gasteiger partial charge in [-0.25, -0.2) is 0 Å². The van der Waals surface area contributed by atoms with Crippen molar-refractivity contribution in [2.45, 2.75) is 57.9 Å². The minimum Gasteiger partial charge on any atom is -0.484 e. The number of carbonyl (C=O) groups excluding carboxylic acids is 1. The highest BCUT2D eigenvalue weighted by Crippen LogP contribution is 2.17. The number of hydrazine groups is 1. The SMILES string of the molecule is CCCc1ccc(OCC(=O)NNC(=S)NC2CCCCC2)cc1. The largest absolute Gasteiger partial charge is 0.484 e. The Bertz CT molecular complexity index is 528. The molecule has 1 amide bonds. The second-order valence-corrected chi connectivity index (χ2v) is 6.57. The number of hydrogen-bond donors (Lipinski definition) is 3. The van der Waals surface area contributed by atoms with E-state index >= 15 is 0 Å². The Hall–Kier alpha value is -1.82. The van der Waals surface area contributed by atoms with Crippen LogP contribution in [0.25, 0.3) is 0 Å². The Labute approximate surface area is 149 Å². The maximum Gasteiger partial charge on any atom is 0.276 e. The van der Waals surface area contributed by atoms with Gasteiger partial charge >= 0.3 is 0 Å². The molecule has 0 atom stereocenters. The fourth-order valence-electron chi connectivity index (χ4n) is 2.82. The molecule has 1 saturated carbocycles. The molecule has 24 heavy (non-hydrogen) atoms. The van der Waals surface area contributed by atoms with Crippen LogP contribution in [0.3, 0.4) is 0 Å². The molecular formula is C18H27N3O2S. The number of amides is 1. The van der Waals surface area contributed by atoms with E-state index < -0.39 is 0 Å². The number of thiocarbonyl (C=S) groups is 1. The standard InChI is InChI=1S/C18H27N3O2S/c1-2-6-14-9-11-16(12-10-14)23-13-17(22)20-21-18(24)19-15-7-4-3-5-8-15/h9-12,15H,2-8,13H2,1H3,(H,20,22)(H2,19,21,24). The van der Waals surface area contributed by atoms with Crippen LogP contribution in [0.2, 0.25) is 0 Å². The third kappa shape index (κ3) is 6.74. The zero-order valence-corrected chi connectivity index (χ0v) is 15.1. The van der Waals surface area contributed by atoms with Crippen LogP contribution in [-0.4, -0.2) is 23.7 Å². The lowest BCUT2D eigenvalue weighted by Crippen LogP contribution is -2.51. The molecule has 0 radical (unpaired) electrons. The van der Waals surface area contributed by atoms with Gasteiger partial charge in [0, 0.05) is 6.04 Å². The smallest absolute Gasteiger partial charge is 0.276 e.